The Morgan fingerprint density at radius 2 is 1.62 bits per heavy atom. The van der Waals surface area contributed by atoms with E-state index in [1.54, 1.807) is 12.2 Å². The van der Waals surface area contributed by atoms with Crippen molar-refractivity contribution in [1.29, 1.82) is 0 Å². The Kier molecular flexibility index (Phi) is 8.87. The van der Waals surface area contributed by atoms with Crippen molar-refractivity contribution in [3.8, 4) is 11.1 Å². The van der Waals surface area contributed by atoms with Crippen LogP contribution in [-0.2, 0) is 15.0 Å². The summed E-state index contributed by atoms with van der Waals surface area (Å²) in [6.45, 7) is 1.07. The van der Waals surface area contributed by atoms with E-state index < -0.39 is 24.0 Å². The number of halogens is 3. The molecule has 222 valence electrons. The second kappa shape index (κ2) is 12.6. The second-order valence-corrected chi connectivity index (χ2v) is 11.2. The van der Waals surface area contributed by atoms with E-state index in [1.807, 2.05) is 54.6 Å². The number of aliphatic hydroxyl groups excluding tert-OH is 1. The molecule has 0 saturated carbocycles. The molecule has 2 aromatic rings. The molecule has 0 aromatic heterocycles. The first-order valence-electron chi connectivity index (χ1n) is 14.5. The summed E-state index contributed by atoms with van der Waals surface area (Å²) < 4.78 is 39.3. The average Bonchev–Trinajstić information content (AvgIpc) is 3.08. The summed E-state index contributed by atoms with van der Waals surface area (Å²) in [5, 5.41) is 15.1. The van der Waals surface area contributed by atoms with Gasteiger partial charge in [-0.1, -0.05) is 67.1 Å². The van der Waals surface area contributed by atoms with Crippen LogP contribution in [0.1, 0.15) is 49.7 Å². The summed E-state index contributed by atoms with van der Waals surface area (Å²) in [6.07, 6.45) is 6.07. The maximum atomic E-state index is 13.6. The smallest absolute Gasteiger partial charge is 0.405 e. The molecule has 0 spiro atoms. The molecular formula is C33H36F3N3O3. The van der Waals surface area contributed by atoms with Gasteiger partial charge < -0.3 is 20.6 Å². The number of piperidine rings is 1. The maximum Gasteiger partial charge on any atom is 0.405 e. The first kappa shape index (κ1) is 29.6. The largest absolute Gasteiger partial charge is 0.508 e. The molecule has 3 N–H and O–H groups in total. The number of alkyl halides is 3. The minimum absolute atomic E-state index is 0.0556. The molecule has 0 radical (unpaired) electrons. The van der Waals surface area contributed by atoms with E-state index in [4.69, 9.17) is 0 Å². The monoisotopic (exact) mass is 579 g/mol. The van der Waals surface area contributed by atoms with Crippen molar-refractivity contribution in [1.82, 2.24) is 15.5 Å². The molecule has 42 heavy (non-hydrogen) atoms. The van der Waals surface area contributed by atoms with Crippen molar-refractivity contribution in [3.05, 3.63) is 95.3 Å². The van der Waals surface area contributed by atoms with Crippen molar-refractivity contribution < 1.29 is 27.9 Å². The Balaban J connectivity index is 1.19. The minimum Gasteiger partial charge on any atom is -0.508 e. The lowest BCUT2D eigenvalue weighted by atomic mass is 9.73. The molecule has 1 aliphatic heterocycles. The summed E-state index contributed by atoms with van der Waals surface area (Å²) in [5.41, 5.74) is 2.64. The van der Waals surface area contributed by atoms with Crippen LogP contribution < -0.4 is 10.6 Å². The van der Waals surface area contributed by atoms with Crippen LogP contribution in [0.5, 0.6) is 0 Å². The molecule has 1 saturated heterocycles. The van der Waals surface area contributed by atoms with E-state index in [-0.39, 0.29) is 17.7 Å². The summed E-state index contributed by atoms with van der Waals surface area (Å²) in [7, 11) is 0. The predicted molar refractivity (Wildman–Crippen MR) is 156 cm³/mol. The highest BCUT2D eigenvalue weighted by atomic mass is 19.4. The van der Waals surface area contributed by atoms with Crippen LogP contribution in [0.3, 0.4) is 0 Å². The van der Waals surface area contributed by atoms with Crippen molar-refractivity contribution >= 4 is 11.8 Å². The fraction of sp³-hybridized carbons (Fsp3) is 0.394. The number of carbonyl (C=O) groups is 2. The fourth-order valence-electron chi connectivity index (χ4n) is 6.39. The van der Waals surface area contributed by atoms with Gasteiger partial charge in [0.05, 0.1) is 0 Å². The van der Waals surface area contributed by atoms with Crippen LogP contribution in [-0.4, -0.2) is 60.2 Å². The van der Waals surface area contributed by atoms with Crippen molar-refractivity contribution in [3.63, 3.8) is 0 Å². The number of amides is 2. The molecule has 2 amide bonds. The molecular weight excluding hydrogens is 543 g/mol. The first-order chi connectivity index (χ1) is 20.2. The predicted octanol–water partition coefficient (Wildman–Crippen LogP) is 5.71. The summed E-state index contributed by atoms with van der Waals surface area (Å²) in [5.74, 6) is -0.712. The first-order valence-corrected chi connectivity index (χ1v) is 14.5. The third kappa shape index (κ3) is 6.46. The zero-order valence-corrected chi connectivity index (χ0v) is 23.4. The lowest BCUT2D eigenvalue weighted by molar-refractivity contribution is -0.141. The van der Waals surface area contributed by atoms with E-state index in [0.29, 0.717) is 24.8 Å². The van der Waals surface area contributed by atoms with Crippen LogP contribution in [0.4, 0.5) is 13.2 Å². The summed E-state index contributed by atoms with van der Waals surface area (Å²) in [6, 6.07) is 15.1. The van der Waals surface area contributed by atoms with E-state index in [0.717, 1.165) is 61.2 Å². The van der Waals surface area contributed by atoms with Crippen LogP contribution in [0.2, 0.25) is 0 Å². The zero-order chi connectivity index (χ0) is 29.7. The third-order valence-corrected chi connectivity index (χ3v) is 8.45. The molecule has 5 rings (SSSR count). The Labute approximate surface area is 244 Å². The number of hydrogen-bond acceptors (Lipinski definition) is 4. The van der Waals surface area contributed by atoms with Gasteiger partial charge in [-0.2, -0.15) is 13.2 Å². The average molecular weight is 580 g/mol. The highest BCUT2D eigenvalue weighted by molar-refractivity contribution is 6.00. The summed E-state index contributed by atoms with van der Waals surface area (Å²) in [4.78, 5) is 28.6. The van der Waals surface area contributed by atoms with E-state index in [1.165, 1.54) is 6.08 Å². The van der Waals surface area contributed by atoms with E-state index in [2.05, 4.69) is 15.5 Å². The standard InChI is InChI=1S/C33H36F3N3O3/c34-33(35,36)22-37-31(42)32(28-13-5-3-11-26(28)27-12-4-6-14-29(27)32)17-7-8-18-39-19-15-24(16-20-39)38-30(41)23-9-1-2-10-25(40)21-23/h1-6,10-14,21,24,40H,7-9,15-20,22H2,(H,37,42)(H,38,41). The Hall–Kier alpha value is -3.85. The normalized spacial score (nSPS) is 18.4. The Bertz CT molecular complexity index is 1360. The molecule has 2 aromatic carbocycles. The Morgan fingerprint density at radius 1 is 0.976 bits per heavy atom. The van der Waals surface area contributed by atoms with Gasteiger partial charge in [0.15, 0.2) is 0 Å². The van der Waals surface area contributed by atoms with Gasteiger partial charge in [-0.25, -0.2) is 0 Å². The van der Waals surface area contributed by atoms with Crippen LogP contribution in [0, 0.1) is 0 Å². The van der Waals surface area contributed by atoms with Crippen LogP contribution >= 0.6 is 0 Å². The number of likely N-dealkylation sites (tertiary alicyclic amines) is 1. The SMILES string of the molecule is O=C(NC1CCN(CCCCC2(C(=O)NCC(F)(F)F)c3ccccc3-c3ccccc32)CC1)C1=CC(O)=CC=CC1. The molecule has 9 heteroatoms. The molecule has 3 aliphatic rings. The number of nitrogens with one attached hydrogen (secondary N) is 2. The third-order valence-electron chi connectivity index (χ3n) is 8.45. The molecule has 6 nitrogen and oxygen atoms in total. The Morgan fingerprint density at radius 3 is 2.26 bits per heavy atom. The van der Waals surface area contributed by atoms with Gasteiger partial charge in [0.25, 0.3) is 0 Å². The number of rotatable bonds is 9. The van der Waals surface area contributed by atoms with Gasteiger partial charge in [-0.3, -0.25) is 9.59 Å². The zero-order valence-electron chi connectivity index (χ0n) is 23.4. The maximum absolute atomic E-state index is 13.6. The van der Waals surface area contributed by atoms with E-state index in [9.17, 15) is 27.9 Å². The minimum atomic E-state index is -4.50. The van der Waals surface area contributed by atoms with Crippen molar-refractivity contribution in [2.24, 2.45) is 0 Å². The van der Waals surface area contributed by atoms with E-state index >= 15 is 0 Å². The fourth-order valence-corrected chi connectivity index (χ4v) is 6.39. The molecule has 1 heterocycles. The second-order valence-electron chi connectivity index (χ2n) is 11.2. The van der Waals surface area contributed by atoms with Gasteiger partial charge in [0, 0.05) is 24.7 Å². The quantitative estimate of drug-likeness (QED) is 0.333. The van der Waals surface area contributed by atoms with Gasteiger partial charge in [-0.15, -0.1) is 0 Å². The summed E-state index contributed by atoms with van der Waals surface area (Å²) >= 11 is 0. The lowest BCUT2D eigenvalue weighted by Crippen LogP contribution is -2.47. The van der Waals surface area contributed by atoms with Crippen molar-refractivity contribution in [2.75, 3.05) is 26.2 Å². The molecule has 0 bridgehead atoms. The molecule has 0 atom stereocenters. The number of hydrogen-bond donors (Lipinski definition) is 3. The number of unbranched alkanes of at least 4 members (excludes halogenated alkanes) is 1. The number of benzene rings is 2. The lowest BCUT2D eigenvalue weighted by Gasteiger charge is -2.33. The van der Waals surface area contributed by atoms with Gasteiger partial charge >= 0.3 is 6.18 Å². The number of carbonyl (C=O) groups excluding carboxylic acids is 2. The van der Waals surface area contributed by atoms with Gasteiger partial charge in [0.2, 0.25) is 11.8 Å². The number of aliphatic hydroxyl groups is 1. The van der Waals surface area contributed by atoms with Crippen LogP contribution in [0.15, 0.2) is 84.2 Å². The topological polar surface area (TPSA) is 81.7 Å². The number of fused-ring (bicyclic) bond motifs is 3. The number of allylic oxidation sites excluding steroid dienone is 4. The number of nitrogens with zero attached hydrogens (tertiary/aromatic N) is 1. The highest BCUT2D eigenvalue weighted by Crippen LogP contribution is 2.51. The highest BCUT2D eigenvalue weighted by Gasteiger charge is 2.49. The van der Waals surface area contributed by atoms with Crippen LogP contribution in [0.25, 0.3) is 11.1 Å². The molecule has 0 unspecified atom stereocenters. The van der Waals surface area contributed by atoms with Gasteiger partial charge in [0.1, 0.15) is 17.7 Å². The molecule has 1 fully saturated rings. The molecule has 2 aliphatic carbocycles. The van der Waals surface area contributed by atoms with Gasteiger partial charge in [-0.05, 0) is 73.1 Å². The van der Waals surface area contributed by atoms with Crippen molar-refractivity contribution in [2.45, 2.75) is 56.2 Å².